The summed E-state index contributed by atoms with van der Waals surface area (Å²) < 4.78 is 41.9. The number of nitrogens with zero attached hydrogens (tertiary/aromatic N) is 3. The first-order valence-electron chi connectivity index (χ1n) is 7.96. The van der Waals surface area contributed by atoms with Gasteiger partial charge in [-0.05, 0) is 5.75 Å². The van der Waals surface area contributed by atoms with Crippen LogP contribution in [0.2, 0.25) is 0 Å². The first-order chi connectivity index (χ1) is 11.9. The van der Waals surface area contributed by atoms with Crippen LogP contribution in [-0.4, -0.2) is 65.0 Å². The van der Waals surface area contributed by atoms with Crippen molar-refractivity contribution in [3.05, 3.63) is 18.0 Å². The molecular weight excluding hydrogens is 357 g/mol. The number of ether oxygens (including phenoxy) is 1. The Morgan fingerprint density at radius 2 is 2.16 bits per heavy atom. The average molecular weight is 378 g/mol. The molecule has 1 aliphatic heterocycles. The molecule has 0 aliphatic carbocycles. The van der Waals surface area contributed by atoms with Crippen molar-refractivity contribution in [3.63, 3.8) is 0 Å². The zero-order chi connectivity index (χ0) is 18.3. The summed E-state index contributed by atoms with van der Waals surface area (Å²) in [5.41, 5.74) is 0.892. The number of hydrogen-bond donors (Lipinski definition) is 1. The van der Waals surface area contributed by atoms with Crippen LogP contribution in [0, 0.1) is 0 Å². The van der Waals surface area contributed by atoms with Gasteiger partial charge in [0, 0.05) is 43.5 Å². The fourth-order valence-corrected chi connectivity index (χ4v) is 2.95. The summed E-state index contributed by atoms with van der Waals surface area (Å²) in [7, 11) is 0. The molecule has 0 spiro atoms. The van der Waals surface area contributed by atoms with Gasteiger partial charge in [0.2, 0.25) is 5.91 Å². The maximum atomic E-state index is 12.2. The van der Waals surface area contributed by atoms with E-state index in [4.69, 9.17) is 4.74 Å². The van der Waals surface area contributed by atoms with E-state index in [9.17, 15) is 18.0 Å². The third-order valence-corrected chi connectivity index (χ3v) is 4.35. The van der Waals surface area contributed by atoms with E-state index in [-0.39, 0.29) is 12.5 Å². The van der Waals surface area contributed by atoms with E-state index in [2.05, 4.69) is 9.97 Å². The fraction of sp³-hybridized carbons (Fsp3) is 0.667. The maximum absolute atomic E-state index is 12.2. The summed E-state index contributed by atoms with van der Waals surface area (Å²) in [5, 5.41) is 2.61. The highest BCUT2D eigenvalue weighted by Gasteiger charge is 2.30. The van der Waals surface area contributed by atoms with Gasteiger partial charge in [-0.2, -0.15) is 13.2 Å². The topological polar surface area (TPSA) is 67.4 Å². The van der Waals surface area contributed by atoms with Crippen molar-refractivity contribution in [2.45, 2.75) is 37.3 Å². The molecule has 1 saturated heterocycles. The Kier molecular flexibility index (Phi) is 7.45. The minimum absolute atomic E-state index is 0.0410. The standard InChI is InChI=1S/C15H21F3N4O2S/c1-2-25-14-19-6-11(7-20-14)8-22-3-4-24-9-12(22)5-13(23)21-10-15(16,17)18/h6-7,12H,2-5,8-10H2,1H3,(H,21,23). The van der Waals surface area contributed by atoms with E-state index in [1.165, 1.54) is 0 Å². The molecule has 1 N–H and O–H groups in total. The van der Waals surface area contributed by atoms with E-state index < -0.39 is 18.6 Å². The lowest BCUT2D eigenvalue weighted by molar-refractivity contribution is -0.140. The molecular formula is C15H21F3N4O2S. The first-order valence-corrected chi connectivity index (χ1v) is 8.95. The fourth-order valence-electron chi connectivity index (χ4n) is 2.43. The summed E-state index contributed by atoms with van der Waals surface area (Å²) in [5.74, 6) is 0.251. The molecule has 6 nitrogen and oxygen atoms in total. The number of aromatic nitrogens is 2. The van der Waals surface area contributed by atoms with Crippen molar-refractivity contribution in [3.8, 4) is 0 Å². The molecule has 0 bridgehead atoms. The molecule has 0 aromatic carbocycles. The molecule has 10 heteroatoms. The quantitative estimate of drug-likeness (QED) is 0.577. The number of carbonyl (C=O) groups excluding carboxylic acids is 1. The van der Waals surface area contributed by atoms with Crippen molar-refractivity contribution in [2.24, 2.45) is 0 Å². The molecule has 2 rings (SSSR count). The predicted molar refractivity (Wildman–Crippen MR) is 87.1 cm³/mol. The molecule has 1 aliphatic rings. The van der Waals surface area contributed by atoms with Gasteiger partial charge in [-0.15, -0.1) is 0 Å². The van der Waals surface area contributed by atoms with E-state index in [0.717, 1.165) is 11.3 Å². The van der Waals surface area contributed by atoms with Gasteiger partial charge < -0.3 is 10.1 Å². The predicted octanol–water partition coefficient (Wildman–Crippen LogP) is 1.86. The van der Waals surface area contributed by atoms with Crippen LogP contribution in [0.4, 0.5) is 13.2 Å². The minimum atomic E-state index is -4.41. The van der Waals surface area contributed by atoms with Gasteiger partial charge in [-0.1, -0.05) is 18.7 Å². The van der Waals surface area contributed by atoms with Crippen molar-refractivity contribution in [2.75, 3.05) is 32.1 Å². The highest BCUT2D eigenvalue weighted by Crippen LogP contribution is 2.17. The van der Waals surface area contributed by atoms with Crippen LogP contribution in [0.5, 0.6) is 0 Å². The smallest absolute Gasteiger partial charge is 0.378 e. The molecule has 1 amide bonds. The van der Waals surface area contributed by atoms with Gasteiger partial charge in [-0.3, -0.25) is 9.69 Å². The van der Waals surface area contributed by atoms with Gasteiger partial charge in [0.15, 0.2) is 5.16 Å². The number of rotatable bonds is 7. The SMILES string of the molecule is CCSc1ncc(CN2CCOCC2CC(=O)NCC(F)(F)F)cn1. The number of alkyl halides is 3. The summed E-state index contributed by atoms with van der Waals surface area (Å²) in [4.78, 5) is 22.3. The second-order valence-electron chi connectivity index (χ2n) is 5.60. The molecule has 0 saturated carbocycles. The van der Waals surface area contributed by atoms with E-state index >= 15 is 0 Å². The van der Waals surface area contributed by atoms with Gasteiger partial charge in [0.1, 0.15) is 6.54 Å². The van der Waals surface area contributed by atoms with E-state index in [1.54, 1.807) is 24.2 Å². The Balaban J connectivity index is 1.90. The number of carbonyl (C=O) groups is 1. The summed E-state index contributed by atoms with van der Waals surface area (Å²) in [6, 6.07) is -0.272. The van der Waals surface area contributed by atoms with Crippen molar-refractivity contribution >= 4 is 17.7 Å². The Bertz CT molecular complexity index is 557. The number of thioether (sulfide) groups is 1. The largest absolute Gasteiger partial charge is 0.405 e. The van der Waals surface area contributed by atoms with Crippen LogP contribution < -0.4 is 5.32 Å². The molecule has 1 aromatic heterocycles. The van der Waals surface area contributed by atoms with Crippen LogP contribution in [-0.2, 0) is 16.1 Å². The van der Waals surface area contributed by atoms with Crippen LogP contribution in [0.1, 0.15) is 18.9 Å². The molecule has 0 radical (unpaired) electrons. The van der Waals surface area contributed by atoms with Gasteiger partial charge in [0.05, 0.1) is 13.2 Å². The maximum Gasteiger partial charge on any atom is 0.405 e. The average Bonchev–Trinajstić information content (AvgIpc) is 2.56. The molecule has 25 heavy (non-hydrogen) atoms. The second kappa shape index (κ2) is 9.35. The molecule has 1 unspecified atom stereocenters. The minimum Gasteiger partial charge on any atom is -0.378 e. The summed E-state index contributed by atoms with van der Waals surface area (Å²) in [6.45, 7) is 2.66. The van der Waals surface area contributed by atoms with Crippen LogP contribution in [0.25, 0.3) is 0 Å². The summed E-state index contributed by atoms with van der Waals surface area (Å²) in [6.07, 6.45) is -0.975. The van der Waals surface area contributed by atoms with Crippen LogP contribution in [0.15, 0.2) is 17.6 Å². The molecule has 2 heterocycles. The number of nitrogens with one attached hydrogen (secondary N) is 1. The third-order valence-electron chi connectivity index (χ3n) is 3.60. The van der Waals surface area contributed by atoms with Crippen LogP contribution >= 0.6 is 11.8 Å². The second-order valence-corrected chi connectivity index (χ2v) is 6.83. The molecule has 1 fully saturated rings. The van der Waals surface area contributed by atoms with Gasteiger partial charge >= 0.3 is 6.18 Å². The Morgan fingerprint density at radius 1 is 1.44 bits per heavy atom. The number of morpholine rings is 1. The van der Waals surface area contributed by atoms with Crippen molar-refractivity contribution in [1.29, 1.82) is 0 Å². The highest BCUT2D eigenvalue weighted by molar-refractivity contribution is 7.99. The highest BCUT2D eigenvalue weighted by atomic mass is 32.2. The van der Waals surface area contributed by atoms with Crippen molar-refractivity contribution < 1.29 is 22.7 Å². The zero-order valence-electron chi connectivity index (χ0n) is 13.9. The summed E-state index contributed by atoms with van der Waals surface area (Å²) >= 11 is 1.55. The first kappa shape index (κ1) is 19.9. The third kappa shape index (κ3) is 7.17. The lowest BCUT2D eigenvalue weighted by Crippen LogP contribution is -2.47. The molecule has 1 atom stereocenters. The van der Waals surface area contributed by atoms with Crippen LogP contribution in [0.3, 0.4) is 0 Å². The monoisotopic (exact) mass is 378 g/mol. The Morgan fingerprint density at radius 3 is 2.80 bits per heavy atom. The van der Waals surface area contributed by atoms with Gasteiger partial charge in [-0.25, -0.2) is 9.97 Å². The zero-order valence-corrected chi connectivity index (χ0v) is 14.7. The lowest BCUT2D eigenvalue weighted by atomic mass is 10.1. The molecule has 140 valence electrons. The normalized spacial score (nSPS) is 19.0. The number of halogens is 3. The van der Waals surface area contributed by atoms with E-state index in [0.29, 0.717) is 31.5 Å². The number of hydrogen-bond acceptors (Lipinski definition) is 6. The lowest BCUT2D eigenvalue weighted by Gasteiger charge is -2.35. The van der Waals surface area contributed by atoms with Crippen molar-refractivity contribution in [1.82, 2.24) is 20.2 Å². The van der Waals surface area contributed by atoms with Gasteiger partial charge in [0.25, 0.3) is 0 Å². The Labute approximate surface area is 148 Å². The van der Waals surface area contributed by atoms with E-state index in [1.807, 2.05) is 17.1 Å². The Hall–Kier alpha value is -1.39. The number of amides is 1. The molecule has 1 aromatic rings.